The summed E-state index contributed by atoms with van der Waals surface area (Å²) in [5.74, 6) is -1.01. The van der Waals surface area contributed by atoms with Crippen LogP contribution in [0.3, 0.4) is 0 Å². The third-order valence-corrected chi connectivity index (χ3v) is 4.08. The Balaban J connectivity index is 2.75. The number of carboxylic acids is 1. The molecular weight excluding hydrogens is 248 g/mol. The van der Waals surface area contributed by atoms with E-state index < -0.39 is 17.5 Å². The summed E-state index contributed by atoms with van der Waals surface area (Å²) >= 11 is 0. The van der Waals surface area contributed by atoms with Gasteiger partial charge in [0.05, 0.1) is 5.41 Å². The van der Waals surface area contributed by atoms with Gasteiger partial charge in [0, 0.05) is 26.7 Å². The number of hydrogen-bond acceptors (Lipinski definition) is 4. The summed E-state index contributed by atoms with van der Waals surface area (Å²) in [6.07, 6.45) is 1.00. The number of likely N-dealkylation sites (tertiary alicyclic amines) is 1. The minimum absolute atomic E-state index is 0.0435. The second kappa shape index (κ2) is 6.34. The average molecular weight is 272 g/mol. The van der Waals surface area contributed by atoms with Gasteiger partial charge >= 0.3 is 5.97 Å². The summed E-state index contributed by atoms with van der Waals surface area (Å²) in [4.78, 5) is 25.2. The zero-order valence-corrected chi connectivity index (χ0v) is 11.9. The van der Waals surface area contributed by atoms with Crippen molar-refractivity contribution in [2.75, 3.05) is 26.7 Å². The van der Waals surface area contributed by atoms with Gasteiger partial charge in [0.25, 0.3) is 5.91 Å². The minimum atomic E-state index is -0.829. The predicted octanol–water partition coefficient (Wildman–Crippen LogP) is 0.310. The number of carbonyl (C=O) groups excluding carboxylic acids is 1. The van der Waals surface area contributed by atoms with E-state index in [1.807, 2.05) is 0 Å². The molecule has 1 rings (SSSR count). The Morgan fingerprint density at radius 2 is 2.16 bits per heavy atom. The molecule has 1 fully saturated rings. The van der Waals surface area contributed by atoms with Crippen LogP contribution in [0.1, 0.15) is 26.7 Å². The lowest BCUT2D eigenvalue weighted by Gasteiger charge is -2.40. The van der Waals surface area contributed by atoms with E-state index in [-0.39, 0.29) is 18.4 Å². The highest BCUT2D eigenvalue weighted by molar-refractivity contribution is 5.81. The van der Waals surface area contributed by atoms with Crippen molar-refractivity contribution >= 4 is 11.9 Å². The number of ether oxygens (including phenoxy) is 1. The Labute approximate surface area is 113 Å². The van der Waals surface area contributed by atoms with Gasteiger partial charge in [0.1, 0.15) is 6.10 Å². The van der Waals surface area contributed by atoms with Crippen molar-refractivity contribution in [3.8, 4) is 0 Å². The standard InChI is InChI=1S/C13H24N2O4/c1-13(2,12(17)18)9-5-4-6-15(8-9)11(16)10(7-14)19-3/h9-10H,4-8,14H2,1-3H3,(H,17,18). The van der Waals surface area contributed by atoms with E-state index in [4.69, 9.17) is 10.5 Å². The molecule has 0 aliphatic carbocycles. The van der Waals surface area contributed by atoms with Gasteiger partial charge < -0.3 is 20.5 Å². The number of piperidine rings is 1. The van der Waals surface area contributed by atoms with Crippen molar-refractivity contribution in [2.45, 2.75) is 32.8 Å². The fraction of sp³-hybridized carbons (Fsp3) is 0.846. The summed E-state index contributed by atoms with van der Waals surface area (Å²) in [6, 6.07) is 0. The topological polar surface area (TPSA) is 92.9 Å². The van der Waals surface area contributed by atoms with Crippen molar-refractivity contribution in [1.29, 1.82) is 0 Å². The number of carbonyl (C=O) groups is 2. The zero-order valence-electron chi connectivity index (χ0n) is 11.9. The molecule has 0 aromatic carbocycles. The maximum Gasteiger partial charge on any atom is 0.309 e. The van der Waals surface area contributed by atoms with E-state index >= 15 is 0 Å². The van der Waals surface area contributed by atoms with Gasteiger partial charge in [-0.25, -0.2) is 0 Å². The third kappa shape index (κ3) is 3.45. The lowest BCUT2D eigenvalue weighted by molar-refractivity contribution is -0.155. The fourth-order valence-electron chi connectivity index (χ4n) is 2.44. The molecule has 19 heavy (non-hydrogen) atoms. The lowest BCUT2D eigenvalue weighted by atomic mass is 9.74. The molecule has 1 amide bonds. The molecule has 110 valence electrons. The van der Waals surface area contributed by atoms with Crippen LogP contribution in [0.4, 0.5) is 0 Å². The van der Waals surface area contributed by atoms with Crippen LogP contribution in [0.15, 0.2) is 0 Å². The summed E-state index contributed by atoms with van der Waals surface area (Å²) in [7, 11) is 1.46. The predicted molar refractivity (Wildman–Crippen MR) is 70.6 cm³/mol. The van der Waals surface area contributed by atoms with E-state index in [1.165, 1.54) is 7.11 Å². The van der Waals surface area contributed by atoms with Crippen LogP contribution in [0.25, 0.3) is 0 Å². The molecule has 0 aromatic rings. The average Bonchev–Trinajstić information content (AvgIpc) is 2.40. The molecule has 2 unspecified atom stereocenters. The Kier molecular flexibility index (Phi) is 5.31. The number of amides is 1. The molecule has 1 saturated heterocycles. The van der Waals surface area contributed by atoms with Crippen LogP contribution in [-0.2, 0) is 14.3 Å². The molecule has 6 heteroatoms. The van der Waals surface area contributed by atoms with E-state index in [0.717, 1.165) is 12.8 Å². The van der Waals surface area contributed by atoms with Crippen LogP contribution in [0, 0.1) is 11.3 Å². The highest BCUT2D eigenvalue weighted by atomic mass is 16.5. The van der Waals surface area contributed by atoms with Crippen LogP contribution < -0.4 is 5.73 Å². The normalized spacial score (nSPS) is 22.1. The second-order valence-corrected chi connectivity index (χ2v) is 5.61. The zero-order chi connectivity index (χ0) is 14.6. The maximum absolute atomic E-state index is 12.2. The molecule has 1 heterocycles. The van der Waals surface area contributed by atoms with Crippen molar-refractivity contribution in [1.82, 2.24) is 4.90 Å². The monoisotopic (exact) mass is 272 g/mol. The van der Waals surface area contributed by atoms with Crippen molar-refractivity contribution < 1.29 is 19.4 Å². The number of nitrogens with zero attached hydrogens (tertiary/aromatic N) is 1. The van der Waals surface area contributed by atoms with Gasteiger partial charge in [-0.3, -0.25) is 9.59 Å². The van der Waals surface area contributed by atoms with Crippen molar-refractivity contribution in [3.63, 3.8) is 0 Å². The minimum Gasteiger partial charge on any atom is -0.481 e. The largest absolute Gasteiger partial charge is 0.481 e. The van der Waals surface area contributed by atoms with E-state index in [2.05, 4.69) is 0 Å². The maximum atomic E-state index is 12.2. The van der Waals surface area contributed by atoms with Crippen LogP contribution in [0.5, 0.6) is 0 Å². The van der Waals surface area contributed by atoms with Gasteiger partial charge in [-0.15, -0.1) is 0 Å². The van der Waals surface area contributed by atoms with Gasteiger partial charge in [-0.1, -0.05) is 0 Å². The summed E-state index contributed by atoms with van der Waals surface area (Å²) in [6.45, 7) is 4.66. The lowest BCUT2D eigenvalue weighted by Crippen LogP contribution is -2.51. The molecule has 0 aromatic heterocycles. The molecule has 2 atom stereocenters. The first-order valence-electron chi connectivity index (χ1n) is 6.59. The second-order valence-electron chi connectivity index (χ2n) is 5.61. The van der Waals surface area contributed by atoms with E-state index in [1.54, 1.807) is 18.7 Å². The van der Waals surface area contributed by atoms with Gasteiger partial charge in [0.2, 0.25) is 0 Å². The smallest absolute Gasteiger partial charge is 0.309 e. The van der Waals surface area contributed by atoms with Crippen LogP contribution in [0.2, 0.25) is 0 Å². The fourth-order valence-corrected chi connectivity index (χ4v) is 2.44. The van der Waals surface area contributed by atoms with E-state index in [9.17, 15) is 14.7 Å². The number of rotatable bonds is 5. The van der Waals surface area contributed by atoms with Gasteiger partial charge in [0.15, 0.2) is 0 Å². The highest BCUT2D eigenvalue weighted by Gasteiger charge is 2.40. The summed E-state index contributed by atoms with van der Waals surface area (Å²) in [5, 5.41) is 9.27. The number of aliphatic carboxylic acids is 1. The first kappa shape index (κ1) is 15.9. The molecule has 1 aliphatic heterocycles. The Bertz CT molecular complexity index is 340. The van der Waals surface area contributed by atoms with Crippen molar-refractivity contribution in [3.05, 3.63) is 0 Å². The van der Waals surface area contributed by atoms with Gasteiger partial charge in [-0.05, 0) is 32.6 Å². The molecule has 6 nitrogen and oxygen atoms in total. The van der Waals surface area contributed by atoms with Crippen LogP contribution >= 0.6 is 0 Å². The van der Waals surface area contributed by atoms with E-state index in [0.29, 0.717) is 13.1 Å². The first-order chi connectivity index (χ1) is 8.84. The molecule has 0 saturated carbocycles. The number of carboxylic acid groups (broad SMARTS) is 1. The summed E-state index contributed by atoms with van der Waals surface area (Å²) in [5.41, 5.74) is 4.66. The SMILES string of the molecule is COC(CN)C(=O)N1CCCC(C(C)(C)C(=O)O)C1. The molecule has 1 aliphatic rings. The Morgan fingerprint density at radius 3 is 2.63 bits per heavy atom. The number of methoxy groups -OCH3 is 1. The number of hydrogen-bond donors (Lipinski definition) is 2. The molecule has 0 bridgehead atoms. The molecule has 0 spiro atoms. The number of nitrogens with two attached hydrogens (primary N) is 1. The van der Waals surface area contributed by atoms with Crippen LogP contribution in [-0.4, -0.2) is 54.7 Å². The molecule has 3 N–H and O–H groups in total. The third-order valence-electron chi connectivity index (χ3n) is 4.08. The highest BCUT2D eigenvalue weighted by Crippen LogP contribution is 2.34. The Morgan fingerprint density at radius 1 is 1.53 bits per heavy atom. The first-order valence-corrected chi connectivity index (χ1v) is 6.59. The Hall–Kier alpha value is -1.14. The van der Waals surface area contributed by atoms with Crippen molar-refractivity contribution in [2.24, 2.45) is 17.1 Å². The summed E-state index contributed by atoms with van der Waals surface area (Å²) < 4.78 is 5.05. The quantitative estimate of drug-likeness (QED) is 0.751. The molecular formula is C13H24N2O4. The molecule has 0 radical (unpaired) electrons. The van der Waals surface area contributed by atoms with Gasteiger partial charge in [-0.2, -0.15) is 0 Å².